The number of ether oxygens (including phenoxy) is 1. The zero-order valence-electron chi connectivity index (χ0n) is 14.7. The molecule has 0 saturated heterocycles. The highest BCUT2D eigenvalue weighted by Gasteiger charge is 2.24. The van der Waals surface area contributed by atoms with Gasteiger partial charge in [-0.1, -0.05) is 30.3 Å². The van der Waals surface area contributed by atoms with E-state index in [1.54, 1.807) is 24.4 Å². The number of H-pyrrole nitrogens is 1. The number of rotatable bonds is 6. The van der Waals surface area contributed by atoms with Crippen LogP contribution in [-0.4, -0.2) is 37.5 Å². The third-order valence-corrected chi connectivity index (χ3v) is 4.54. The van der Waals surface area contributed by atoms with Crippen LogP contribution < -0.4 is 4.72 Å². The number of anilines is 1. The molecule has 2 N–H and O–H groups in total. The van der Waals surface area contributed by atoms with Crippen molar-refractivity contribution in [2.24, 2.45) is 0 Å². The van der Waals surface area contributed by atoms with Gasteiger partial charge in [0.15, 0.2) is 6.10 Å². The maximum absolute atomic E-state index is 12.7. The second-order valence-corrected chi connectivity index (χ2v) is 7.83. The molecule has 0 aliphatic rings. The highest BCUT2D eigenvalue weighted by molar-refractivity contribution is 7.92. The molecule has 0 bridgehead atoms. The molecule has 1 atom stereocenters. The van der Waals surface area contributed by atoms with Crippen LogP contribution in [0, 0.1) is 0 Å². The lowest BCUT2D eigenvalue weighted by Crippen LogP contribution is -2.25. The third kappa shape index (κ3) is 4.17. The summed E-state index contributed by atoms with van der Waals surface area (Å²) in [7, 11) is -3.57. The number of ketones is 1. The van der Waals surface area contributed by atoms with Crippen molar-refractivity contribution < 1.29 is 22.7 Å². The molecule has 0 fully saturated rings. The topological polar surface area (TPSA) is 105 Å². The van der Waals surface area contributed by atoms with Crippen molar-refractivity contribution >= 4 is 38.4 Å². The highest BCUT2D eigenvalue weighted by Crippen LogP contribution is 2.22. The van der Waals surface area contributed by atoms with Gasteiger partial charge in [0.2, 0.25) is 15.8 Å². The van der Waals surface area contributed by atoms with Gasteiger partial charge in [-0.15, -0.1) is 0 Å². The summed E-state index contributed by atoms with van der Waals surface area (Å²) in [4.78, 5) is 28.2. The minimum absolute atomic E-state index is 0.0292. The average molecular weight is 386 g/mol. The van der Waals surface area contributed by atoms with Crippen LogP contribution in [0.2, 0.25) is 0 Å². The maximum atomic E-state index is 12.7. The summed E-state index contributed by atoms with van der Waals surface area (Å²) in [5.74, 6) is -1.14. The first kappa shape index (κ1) is 18.7. The number of aromatic nitrogens is 1. The van der Waals surface area contributed by atoms with E-state index < -0.39 is 22.1 Å². The Morgan fingerprint density at radius 2 is 1.70 bits per heavy atom. The van der Waals surface area contributed by atoms with E-state index in [9.17, 15) is 18.0 Å². The standard InChI is InChI=1S/C19H18N2O5S/c1-12(18(22)15-11-20-16-9-5-3-7-13(15)16)26-19(23)14-8-4-6-10-17(14)21-27(2,24)25/h3-12,20-21H,1-2H3/t12-/m0/s1. The molecule has 0 aliphatic carbocycles. The molecule has 2 aromatic carbocycles. The number of aromatic amines is 1. The number of esters is 1. The Labute approximate surface area is 156 Å². The summed E-state index contributed by atoms with van der Waals surface area (Å²) >= 11 is 0. The van der Waals surface area contributed by atoms with Gasteiger partial charge in [-0.05, 0) is 25.1 Å². The van der Waals surface area contributed by atoms with Gasteiger partial charge >= 0.3 is 5.97 Å². The minimum Gasteiger partial charge on any atom is -0.451 e. The van der Waals surface area contributed by atoms with E-state index in [0.717, 1.165) is 17.2 Å². The molecule has 0 spiro atoms. The zero-order chi connectivity index (χ0) is 19.6. The number of benzene rings is 2. The predicted octanol–water partition coefficient (Wildman–Crippen LogP) is 2.97. The third-order valence-electron chi connectivity index (χ3n) is 3.95. The van der Waals surface area contributed by atoms with E-state index in [-0.39, 0.29) is 17.0 Å². The first-order chi connectivity index (χ1) is 12.8. The number of carbonyl (C=O) groups is 2. The molecule has 1 aromatic heterocycles. The quantitative estimate of drug-likeness (QED) is 0.500. The molecule has 0 saturated carbocycles. The first-order valence-electron chi connectivity index (χ1n) is 8.14. The van der Waals surface area contributed by atoms with Crippen molar-refractivity contribution in [3.05, 3.63) is 65.9 Å². The molecule has 1 heterocycles. The summed E-state index contributed by atoms with van der Waals surface area (Å²) in [5.41, 5.74) is 1.36. The molecular formula is C19H18N2O5S. The fourth-order valence-electron chi connectivity index (χ4n) is 2.72. The Morgan fingerprint density at radius 3 is 2.44 bits per heavy atom. The number of nitrogens with one attached hydrogen (secondary N) is 2. The zero-order valence-corrected chi connectivity index (χ0v) is 15.5. The monoisotopic (exact) mass is 386 g/mol. The fraction of sp³-hybridized carbons (Fsp3) is 0.158. The largest absolute Gasteiger partial charge is 0.451 e. The van der Waals surface area contributed by atoms with Crippen molar-refractivity contribution in [1.82, 2.24) is 4.98 Å². The normalized spacial score (nSPS) is 12.5. The van der Waals surface area contributed by atoms with Crippen LogP contribution in [0.15, 0.2) is 54.7 Å². The molecule has 140 valence electrons. The first-order valence-corrected chi connectivity index (χ1v) is 10.0. The van der Waals surface area contributed by atoms with E-state index in [0.29, 0.717) is 5.56 Å². The van der Waals surface area contributed by atoms with Crippen LogP contribution in [0.4, 0.5) is 5.69 Å². The van der Waals surface area contributed by atoms with Crippen molar-refractivity contribution in [1.29, 1.82) is 0 Å². The number of carbonyl (C=O) groups excluding carboxylic acids is 2. The van der Waals surface area contributed by atoms with Crippen LogP contribution in [0.3, 0.4) is 0 Å². The summed E-state index contributed by atoms with van der Waals surface area (Å²) in [6.07, 6.45) is 1.53. The fourth-order valence-corrected chi connectivity index (χ4v) is 3.30. The van der Waals surface area contributed by atoms with Gasteiger partial charge in [0, 0.05) is 22.7 Å². The summed E-state index contributed by atoms with van der Waals surface area (Å²) in [5, 5.41) is 0.740. The molecule has 0 amide bonds. The molecule has 8 heteroatoms. The van der Waals surface area contributed by atoms with Crippen molar-refractivity contribution in [2.75, 3.05) is 11.0 Å². The van der Waals surface area contributed by atoms with E-state index in [2.05, 4.69) is 9.71 Å². The van der Waals surface area contributed by atoms with Gasteiger partial charge in [0.05, 0.1) is 17.5 Å². The second kappa shape index (κ2) is 7.24. The highest BCUT2D eigenvalue weighted by atomic mass is 32.2. The number of fused-ring (bicyclic) bond motifs is 1. The van der Waals surface area contributed by atoms with Gasteiger partial charge in [0.1, 0.15) is 0 Å². The van der Waals surface area contributed by atoms with Gasteiger partial charge in [-0.3, -0.25) is 9.52 Å². The van der Waals surface area contributed by atoms with Crippen LogP contribution in [0.5, 0.6) is 0 Å². The Balaban J connectivity index is 1.81. The lowest BCUT2D eigenvalue weighted by molar-refractivity contribution is 0.0320. The lowest BCUT2D eigenvalue weighted by Gasteiger charge is -2.14. The Morgan fingerprint density at radius 1 is 1.04 bits per heavy atom. The number of Topliss-reactive ketones (excluding diaryl/α,β-unsaturated/α-hetero) is 1. The molecule has 0 unspecified atom stereocenters. The van der Waals surface area contributed by atoms with Crippen molar-refractivity contribution in [2.45, 2.75) is 13.0 Å². The SMILES string of the molecule is C[C@H](OC(=O)c1ccccc1NS(C)(=O)=O)C(=O)c1c[nH]c2ccccc12. The number of sulfonamides is 1. The molecular weight excluding hydrogens is 368 g/mol. The molecule has 7 nitrogen and oxygen atoms in total. The van der Waals surface area contributed by atoms with E-state index in [4.69, 9.17) is 4.74 Å². The second-order valence-electron chi connectivity index (χ2n) is 6.08. The molecule has 3 rings (SSSR count). The van der Waals surface area contributed by atoms with Crippen molar-refractivity contribution in [3.8, 4) is 0 Å². The summed E-state index contributed by atoms with van der Waals surface area (Å²) in [6, 6.07) is 13.4. The predicted molar refractivity (Wildman–Crippen MR) is 102 cm³/mol. The van der Waals surface area contributed by atoms with E-state index in [1.165, 1.54) is 19.1 Å². The van der Waals surface area contributed by atoms with Gasteiger partial charge in [-0.2, -0.15) is 0 Å². The van der Waals surface area contributed by atoms with Crippen LogP contribution in [0.1, 0.15) is 27.6 Å². The number of hydrogen-bond donors (Lipinski definition) is 2. The van der Waals surface area contributed by atoms with Crippen LogP contribution >= 0.6 is 0 Å². The smallest absolute Gasteiger partial charge is 0.340 e. The molecule has 0 radical (unpaired) electrons. The van der Waals surface area contributed by atoms with Gasteiger partial charge in [-0.25, -0.2) is 13.2 Å². The lowest BCUT2D eigenvalue weighted by atomic mass is 10.1. The van der Waals surface area contributed by atoms with Crippen LogP contribution in [-0.2, 0) is 14.8 Å². The maximum Gasteiger partial charge on any atom is 0.340 e. The number of para-hydroxylation sites is 2. The Kier molecular flexibility index (Phi) is 5.00. The average Bonchev–Trinajstić information content (AvgIpc) is 3.04. The summed E-state index contributed by atoms with van der Waals surface area (Å²) in [6.45, 7) is 1.48. The molecule has 27 heavy (non-hydrogen) atoms. The molecule has 0 aliphatic heterocycles. The van der Waals surface area contributed by atoms with Crippen LogP contribution in [0.25, 0.3) is 10.9 Å². The Bertz CT molecular complexity index is 1120. The molecule has 3 aromatic rings. The van der Waals surface area contributed by atoms with Crippen molar-refractivity contribution in [3.63, 3.8) is 0 Å². The van der Waals surface area contributed by atoms with Gasteiger partial charge in [0.25, 0.3) is 0 Å². The van der Waals surface area contributed by atoms with E-state index >= 15 is 0 Å². The van der Waals surface area contributed by atoms with E-state index in [1.807, 2.05) is 18.2 Å². The Hall–Kier alpha value is -3.13. The summed E-state index contributed by atoms with van der Waals surface area (Å²) < 4.78 is 30.5. The minimum atomic E-state index is -3.57. The van der Waals surface area contributed by atoms with Gasteiger partial charge < -0.3 is 9.72 Å². The number of hydrogen-bond acceptors (Lipinski definition) is 5.